The zero-order valence-corrected chi connectivity index (χ0v) is 12.1. The van der Waals surface area contributed by atoms with Crippen LogP contribution in [0, 0.1) is 5.41 Å². The first kappa shape index (κ1) is 12.3. The summed E-state index contributed by atoms with van der Waals surface area (Å²) in [5.74, 6) is 0.436. The number of hydrogen-bond donors (Lipinski definition) is 0. The Balaban J connectivity index is 2.17. The van der Waals surface area contributed by atoms with Crippen LogP contribution < -0.4 is 0 Å². The second-order valence-electron chi connectivity index (χ2n) is 5.74. The van der Waals surface area contributed by atoms with Crippen molar-refractivity contribution in [1.82, 2.24) is 0 Å². The molecule has 1 aliphatic carbocycles. The molecule has 96 valence electrons. The van der Waals surface area contributed by atoms with Gasteiger partial charge in [-0.2, -0.15) is 0 Å². The molecule has 0 radical (unpaired) electrons. The molecule has 4 atom stereocenters. The Labute approximate surface area is 114 Å². The number of fused-ring (bicyclic) bond motifs is 2. The molecule has 0 amide bonds. The fourth-order valence-electron chi connectivity index (χ4n) is 3.49. The fraction of sp³-hybridized carbons (Fsp3) is 0.500. The Hall–Kier alpha value is -0.730. The van der Waals surface area contributed by atoms with E-state index >= 15 is 0 Å². The molecule has 2 heteroatoms. The van der Waals surface area contributed by atoms with Crippen molar-refractivity contribution in [2.45, 2.75) is 36.9 Å². The van der Waals surface area contributed by atoms with Crippen LogP contribution in [0.2, 0.25) is 0 Å². The Kier molecular flexibility index (Phi) is 2.83. The normalized spacial score (nSPS) is 37.4. The Morgan fingerprint density at radius 3 is 2.67 bits per heavy atom. The molecule has 4 rings (SSSR count). The van der Waals surface area contributed by atoms with Crippen molar-refractivity contribution in [2.75, 3.05) is 7.11 Å². The van der Waals surface area contributed by atoms with Gasteiger partial charge in [0.15, 0.2) is 0 Å². The van der Waals surface area contributed by atoms with E-state index < -0.39 is 0 Å². The fourth-order valence-corrected chi connectivity index (χ4v) is 5.34. The van der Waals surface area contributed by atoms with E-state index in [1.54, 1.807) is 0 Å². The molecule has 1 saturated heterocycles. The maximum absolute atomic E-state index is 5.75. The van der Waals surface area contributed by atoms with Crippen LogP contribution in [0.1, 0.15) is 42.6 Å². The van der Waals surface area contributed by atoms with Gasteiger partial charge < -0.3 is 4.74 Å². The third-order valence-corrected chi connectivity index (χ3v) is 6.23. The Morgan fingerprint density at radius 2 is 2.06 bits per heavy atom. The third kappa shape index (κ3) is 1.52. The van der Waals surface area contributed by atoms with Crippen LogP contribution in [0.4, 0.5) is 0 Å². The molecule has 0 aromatic heterocycles. The second-order valence-corrected chi connectivity index (χ2v) is 7.04. The summed E-state index contributed by atoms with van der Waals surface area (Å²) in [6.45, 7) is 8.77. The number of methoxy groups -OCH3 is 1. The smallest absolute Gasteiger partial charge is 0.111 e. The molecule has 0 spiro atoms. The largest absolute Gasteiger partial charge is 0.370 e. The lowest BCUT2D eigenvalue weighted by molar-refractivity contribution is 0.0836. The number of rotatable bonds is 2. The molecule has 18 heavy (non-hydrogen) atoms. The third-order valence-electron chi connectivity index (χ3n) is 4.75. The maximum Gasteiger partial charge on any atom is 0.111 e. The van der Waals surface area contributed by atoms with Crippen LogP contribution in [0.3, 0.4) is 0 Å². The van der Waals surface area contributed by atoms with E-state index in [4.69, 9.17) is 4.74 Å². The molecule has 2 aliphatic heterocycles. The van der Waals surface area contributed by atoms with Gasteiger partial charge in [0.1, 0.15) is 5.44 Å². The van der Waals surface area contributed by atoms with Gasteiger partial charge in [0.05, 0.1) is 0 Å². The molecule has 1 nitrogen and oxygen atoms in total. The summed E-state index contributed by atoms with van der Waals surface area (Å²) in [6, 6.07) is 8.86. The summed E-state index contributed by atoms with van der Waals surface area (Å²) in [4.78, 5) is 0. The lowest BCUT2D eigenvalue weighted by Gasteiger charge is -2.54. The minimum Gasteiger partial charge on any atom is -0.370 e. The standard InChI is InChI=1S/C16H20OS/c1-10(2)16(3)9-13-11-7-5-6-8-12(11)14(16)15(17-4)18-13/h5-8,13-15H,1,9H2,2-4H3/t13-,14+,15+,16-/m0/s1. The summed E-state index contributed by atoms with van der Waals surface area (Å²) in [6.07, 6.45) is 1.19. The average Bonchev–Trinajstić information content (AvgIpc) is 2.38. The number of benzene rings is 1. The van der Waals surface area contributed by atoms with Crippen molar-refractivity contribution in [3.8, 4) is 0 Å². The van der Waals surface area contributed by atoms with Crippen molar-refractivity contribution in [3.05, 3.63) is 47.5 Å². The maximum atomic E-state index is 5.75. The highest BCUT2D eigenvalue weighted by Gasteiger charge is 2.53. The monoisotopic (exact) mass is 260 g/mol. The van der Waals surface area contributed by atoms with Crippen LogP contribution in [-0.2, 0) is 4.74 Å². The van der Waals surface area contributed by atoms with Crippen LogP contribution in [0.15, 0.2) is 36.4 Å². The lowest BCUT2D eigenvalue weighted by Crippen LogP contribution is -2.44. The van der Waals surface area contributed by atoms with Crippen molar-refractivity contribution in [2.24, 2.45) is 5.41 Å². The summed E-state index contributed by atoms with van der Waals surface area (Å²) < 4.78 is 5.75. The quantitative estimate of drug-likeness (QED) is 0.723. The van der Waals surface area contributed by atoms with Gasteiger partial charge in [0.25, 0.3) is 0 Å². The molecular formula is C16H20OS. The topological polar surface area (TPSA) is 9.23 Å². The molecule has 0 N–H and O–H groups in total. The summed E-state index contributed by atoms with van der Waals surface area (Å²) in [7, 11) is 1.83. The summed E-state index contributed by atoms with van der Waals surface area (Å²) in [5.41, 5.74) is 4.71. The van der Waals surface area contributed by atoms with E-state index in [1.165, 1.54) is 23.1 Å². The van der Waals surface area contributed by atoms with Crippen LogP contribution in [0.5, 0.6) is 0 Å². The molecule has 2 bridgehead atoms. The predicted molar refractivity (Wildman–Crippen MR) is 77.9 cm³/mol. The molecule has 0 unspecified atom stereocenters. The van der Waals surface area contributed by atoms with Crippen LogP contribution in [-0.4, -0.2) is 12.5 Å². The van der Waals surface area contributed by atoms with Crippen molar-refractivity contribution in [1.29, 1.82) is 0 Å². The van der Waals surface area contributed by atoms with E-state index in [-0.39, 0.29) is 10.9 Å². The molecule has 3 aliphatic rings. The highest BCUT2D eigenvalue weighted by atomic mass is 32.2. The van der Waals surface area contributed by atoms with Gasteiger partial charge in [0, 0.05) is 18.3 Å². The van der Waals surface area contributed by atoms with Gasteiger partial charge in [-0.3, -0.25) is 0 Å². The summed E-state index contributed by atoms with van der Waals surface area (Å²) in [5, 5.41) is 0.554. The van der Waals surface area contributed by atoms with E-state index in [2.05, 4.69) is 44.7 Å². The summed E-state index contributed by atoms with van der Waals surface area (Å²) >= 11 is 1.98. The SMILES string of the molecule is C=C(C)[C@]1(C)C[C@@H]2S[C@@H](OC)[C@H]1c1ccccc12. The zero-order chi connectivity index (χ0) is 12.9. The molecule has 1 aromatic carbocycles. The highest BCUT2D eigenvalue weighted by Crippen LogP contribution is 2.65. The highest BCUT2D eigenvalue weighted by molar-refractivity contribution is 8.00. The zero-order valence-electron chi connectivity index (χ0n) is 11.3. The molecule has 2 heterocycles. The first-order valence-corrected chi connectivity index (χ1v) is 7.45. The predicted octanol–water partition coefficient (Wildman–Crippen LogP) is 4.52. The Morgan fingerprint density at radius 1 is 1.39 bits per heavy atom. The van der Waals surface area contributed by atoms with Gasteiger partial charge in [-0.1, -0.05) is 43.3 Å². The van der Waals surface area contributed by atoms with Crippen molar-refractivity contribution in [3.63, 3.8) is 0 Å². The van der Waals surface area contributed by atoms with Gasteiger partial charge >= 0.3 is 0 Å². The van der Waals surface area contributed by atoms with E-state index in [0.717, 1.165) is 0 Å². The second kappa shape index (κ2) is 4.14. The first-order chi connectivity index (χ1) is 8.58. The number of hydrogen-bond acceptors (Lipinski definition) is 2. The van der Waals surface area contributed by atoms with E-state index in [9.17, 15) is 0 Å². The van der Waals surface area contributed by atoms with Gasteiger partial charge in [0.2, 0.25) is 0 Å². The number of thioether (sulfide) groups is 1. The number of allylic oxidation sites excluding steroid dienone is 1. The van der Waals surface area contributed by atoms with Gasteiger partial charge in [-0.05, 0) is 29.9 Å². The van der Waals surface area contributed by atoms with E-state index in [0.29, 0.717) is 11.2 Å². The minimum absolute atomic E-state index is 0.172. The average molecular weight is 260 g/mol. The first-order valence-electron chi connectivity index (χ1n) is 6.51. The lowest BCUT2D eigenvalue weighted by atomic mass is 9.61. The minimum atomic E-state index is 0.172. The Bertz CT molecular complexity index is 496. The number of ether oxygens (including phenoxy) is 1. The van der Waals surface area contributed by atoms with Gasteiger partial charge in [-0.15, -0.1) is 11.8 Å². The van der Waals surface area contributed by atoms with Crippen molar-refractivity contribution >= 4 is 11.8 Å². The van der Waals surface area contributed by atoms with Crippen LogP contribution in [0.25, 0.3) is 0 Å². The van der Waals surface area contributed by atoms with Gasteiger partial charge in [-0.25, -0.2) is 0 Å². The van der Waals surface area contributed by atoms with Crippen molar-refractivity contribution < 1.29 is 4.74 Å². The van der Waals surface area contributed by atoms with E-state index in [1.807, 2.05) is 18.9 Å². The molecule has 0 saturated carbocycles. The van der Waals surface area contributed by atoms with Crippen LogP contribution >= 0.6 is 11.8 Å². The molecule has 1 aromatic rings. The molecular weight excluding hydrogens is 240 g/mol. The molecule has 1 fully saturated rings.